The fraction of sp³-hybridized carbons (Fsp3) is 0.111. The van der Waals surface area contributed by atoms with Crippen molar-refractivity contribution in [1.29, 1.82) is 0 Å². The third-order valence-corrected chi connectivity index (χ3v) is 5.01. The number of phenols is 1. The lowest BCUT2D eigenvalue weighted by Gasteiger charge is -2.13. The standard InChI is InChI=1S/C18H13Cl2NO4S/c19-12-5-6-14(22)11(9-12)10-16-17(23)21(18(24)26-16)7-8-25-15-4-2-1-3-13(15)20/h1-6,9-10,22H,7-8H2/b16-10-. The summed E-state index contributed by atoms with van der Waals surface area (Å²) in [5.74, 6) is 0.0194. The topological polar surface area (TPSA) is 66.8 Å². The third-order valence-electron chi connectivity index (χ3n) is 3.56. The highest BCUT2D eigenvalue weighted by Gasteiger charge is 2.35. The normalized spacial score (nSPS) is 15.8. The molecule has 134 valence electrons. The number of rotatable bonds is 5. The number of imide groups is 1. The van der Waals surface area contributed by atoms with Crippen LogP contribution in [0.25, 0.3) is 6.08 Å². The SMILES string of the molecule is O=C1S/C(=C\c2cc(Cl)ccc2O)C(=O)N1CCOc1ccccc1Cl. The van der Waals surface area contributed by atoms with Crippen LogP contribution in [0.3, 0.4) is 0 Å². The summed E-state index contributed by atoms with van der Waals surface area (Å²) in [6.07, 6.45) is 1.45. The van der Waals surface area contributed by atoms with Crippen LogP contribution in [0.5, 0.6) is 11.5 Å². The van der Waals surface area contributed by atoms with E-state index in [1.165, 1.54) is 24.3 Å². The minimum Gasteiger partial charge on any atom is -0.507 e. The van der Waals surface area contributed by atoms with Crippen molar-refractivity contribution in [2.45, 2.75) is 0 Å². The Hall–Kier alpha value is -2.15. The average Bonchev–Trinajstić information content (AvgIpc) is 2.87. The van der Waals surface area contributed by atoms with Gasteiger partial charge in [0.1, 0.15) is 18.1 Å². The number of nitrogens with zero attached hydrogens (tertiary/aromatic N) is 1. The number of halogens is 2. The molecule has 1 heterocycles. The first-order valence-corrected chi connectivity index (χ1v) is 9.14. The number of benzene rings is 2. The Morgan fingerprint density at radius 1 is 1.15 bits per heavy atom. The number of carbonyl (C=O) groups is 2. The van der Waals surface area contributed by atoms with Crippen molar-refractivity contribution >= 4 is 52.2 Å². The lowest BCUT2D eigenvalue weighted by molar-refractivity contribution is -0.123. The van der Waals surface area contributed by atoms with Crippen molar-refractivity contribution in [2.24, 2.45) is 0 Å². The van der Waals surface area contributed by atoms with E-state index in [2.05, 4.69) is 0 Å². The monoisotopic (exact) mass is 409 g/mol. The summed E-state index contributed by atoms with van der Waals surface area (Å²) in [7, 11) is 0. The molecule has 0 unspecified atom stereocenters. The van der Waals surface area contributed by atoms with Crippen molar-refractivity contribution in [3.63, 3.8) is 0 Å². The Morgan fingerprint density at radius 2 is 1.92 bits per heavy atom. The third kappa shape index (κ3) is 4.15. The Bertz CT molecular complexity index is 901. The summed E-state index contributed by atoms with van der Waals surface area (Å²) >= 11 is 12.7. The number of aromatic hydroxyl groups is 1. The average molecular weight is 410 g/mol. The predicted molar refractivity (Wildman–Crippen MR) is 103 cm³/mol. The summed E-state index contributed by atoms with van der Waals surface area (Å²) in [6.45, 7) is 0.215. The zero-order valence-electron chi connectivity index (χ0n) is 13.3. The maximum Gasteiger partial charge on any atom is 0.293 e. The molecule has 1 aliphatic rings. The van der Waals surface area contributed by atoms with E-state index >= 15 is 0 Å². The van der Waals surface area contributed by atoms with Crippen molar-refractivity contribution in [1.82, 2.24) is 4.90 Å². The number of ether oxygens (including phenoxy) is 1. The molecule has 1 fully saturated rings. The second-order valence-electron chi connectivity index (χ2n) is 5.32. The van der Waals surface area contributed by atoms with E-state index < -0.39 is 11.1 Å². The molecule has 0 aromatic heterocycles. The predicted octanol–water partition coefficient (Wildman–Crippen LogP) is 4.81. The van der Waals surface area contributed by atoms with Crippen LogP contribution in [0.4, 0.5) is 4.79 Å². The van der Waals surface area contributed by atoms with Crippen LogP contribution in [0.15, 0.2) is 47.4 Å². The van der Waals surface area contributed by atoms with Gasteiger partial charge in [-0.1, -0.05) is 35.3 Å². The van der Waals surface area contributed by atoms with Gasteiger partial charge in [0.05, 0.1) is 16.5 Å². The van der Waals surface area contributed by atoms with Gasteiger partial charge >= 0.3 is 0 Å². The quantitative estimate of drug-likeness (QED) is 0.717. The summed E-state index contributed by atoms with van der Waals surface area (Å²) in [5, 5.41) is 10.3. The van der Waals surface area contributed by atoms with Gasteiger partial charge in [0, 0.05) is 10.6 Å². The Morgan fingerprint density at radius 3 is 2.69 bits per heavy atom. The van der Waals surface area contributed by atoms with Crippen LogP contribution >= 0.6 is 35.0 Å². The molecule has 0 aliphatic carbocycles. The fourth-order valence-corrected chi connectivity index (χ4v) is 3.51. The number of amides is 2. The van der Waals surface area contributed by atoms with Crippen LogP contribution < -0.4 is 4.74 Å². The van der Waals surface area contributed by atoms with Gasteiger partial charge in [0.25, 0.3) is 11.1 Å². The minimum absolute atomic E-state index is 0.0248. The van der Waals surface area contributed by atoms with E-state index in [0.29, 0.717) is 21.4 Å². The molecule has 0 saturated carbocycles. The molecule has 5 nitrogen and oxygen atoms in total. The van der Waals surface area contributed by atoms with Crippen molar-refractivity contribution in [3.8, 4) is 11.5 Å². The number of hydrogen-bond donors (Lipinski definition) is 1. The van der Waals surface area contributed by atoms with Crippen molar-refractivity contribution in [2.75, 3.05) is 13.2 Å². The zero-order chi connectivity index (χ0) is 18.7. The number of carbonyl (C=O) groups excluding carboxylic acids is 2. The second kappa shape index (κ2) is 8.03. The number of hydrogen-bond acceptors (Lipinski definition) is 5. The van der Waals surface area contributed by atoms with E-state index in [-0.39, 0.29) is 23.8 Å². The van der Waals surface area contributed by atoms with Gasteiger partial charge in [-0.15, -0.1) is 0 Å². The van der Waals surface area contributed by atoms with Crippen molar-refractivity contribution < 1.29 is 19.4 Å². The van der Waals surface area contributed by atoms with E-state index in [0.717, 1.165) is 16.7 Å². The summed E-state index contributed by atoms with van der Waals surface area (Å²) < 4.78 is 5.52. The largest absolute Gasteiger partial charge is 0.507 e. The molecular weight excluding hydrogens is 397 g/mol. The second-order valence-corrected chi connectivity index (χ2v) is 7.15. The summed E-state index contributed by atoms with van der Waals surface area (Å²) in [4.78, 5) is 25.9. The highest BCUT2D eigenvalue weighted by atomic mass is 35.5. The number of para-hydroxylation sites is 1. The fourth-order valence-electron chi connectivity index (χ4n) is 2.28. The first kappa shape index (κ1) is 18.6. The molecule has 1 N–H and O–H groups in total. The lowest BCUT2D eigenvalue weighted by Crippen LogP contribution is -2.32. The highest BCUT2D eigenvalue weighted by Crippen LogP contribution is 2.34. The Labute approximate surface area is 164 Å². The van der Waals surface area contributed by atoms with Crippen LogP contribution in [0, 0.1) is 0 Å². The van der Waals surface area contributed by atoms with Gasteiger partial charge < -0.3 is 9.84 Å². The Balaban J connectivity index is 1.68. The minimum atomic E-state index is -0.442. The molecule has 8 heteroatoms. The van der Waals surface area contributed by atoms with Crippen molar-refractivity contribution in [3.05, 3.63) is 63.0 Å². The first-order valence-electron chi connectivity index (χ1n) is 7.57. The molecule has 1 aliphatic heterocycles. The van der Waals surface area contributed by atoms with E-state index in [1.54, 1.807) is 24.3 Å². The van der Waals surface area contributed by atoms with E-state index in [1.807, 2.05) is 0 Å². The van der Waals surface area contributed by atoms with E-state index in [4.69, 9.17) is 27.9 Å². The van der Waals surface area contributed by atoms with E-state index in [9.17, 15) is 14.7 Å². The molecule has 2 amide bonds. The first-order chi connectivity index (χ1) is 12.5. The zero-order valence-corrected chi connectivity index (χ0v) is 15.6. The Kier molecular flexibility index (Phi) is 5.76. The van der Waals surface area contributed by atoms with Gasteiger partial charge in [0.15, 0.2) is 0 Å². The molecule has 3 rings (SSSR count). The maximum absolute atomic E-state index is 12.4. The van der Waals surface area contributed by atoms with Gasteiger partial charge in [-0.2, -0.15) is 0 Å². The summed E-state index contributed by atoms with van der Waals surface area (Å²) in [5.41, 5.74) is 0.371. The molecule has 0 atom stereocenters. The van der Waals surface area contributed by atoms with Crippen LogP contribution in [0.1, 0.15) is 5.56 Å². The van der Waals surface area contributed by atoms with Crippen LogP contribution in [-0.2, 0) is 4.79 Å². The van der Waals surface area contributed by atoms with Gasteiger partial charge in [0.2, 0.25) is 0 Å². The molecular formula is C18H13Cl2NO4S. The van der Waals surface area contributed by atoms with Gasteiger partial charge in [-0.25, -0.2) is 0 Å². The molecule has 1 saturated heterocycles. The van der Waals surface area contributed by atoms with Crippen LogP contribution in [-0.4, -0.2) is 34.3 Å². The molecule has 0 bridgehead atoms. The van der Waals surface area contributed by atoms with Crippen LogP contribution in [0.2, 0.25) is 10.0 Å². The lowest BCUT2D eigenvalue weighted by atomic mass is 10.2. The smallest absolute Gasteiger partial charge is 0.293 e. The molecule has 0 radical (unpaired) electrons. The number of thioether (sulfide) groups is 1. The number of phenolic OH excluding ortho intramolecular Hbond substituents is 1. The maximum atomic E-state index is 12.4. The molecule has 2 aromatic rings. The molecule has 0 spiro atoms. The summed E-state index contributed by atoms with van der Waals surface area (Å²) in [6, 6.07) is 11.4. The van der Waals surface area contributed by atoms with Gasteiger partial charge in [-0.3, -0.25) is 14.5 Å². The molecule has 2 aromatic carbocycles. The van der Waals surface area contributed by atoms with Gasteiger partial charge in [-0.05, 0) is 48.2 Å². The highest BCUT2D eigenvalue weighted by molar-refractivity contribution is 8.18. The molecule has 26 heavy (non-hydrogen) atoms.